The van der Waals surface area contributed by atoms with Gasteiger partial charge >= 0.3 is 0 Å². The Morgan fingerprint density at radius 1 is 1.24 bits per heavy atom. The first-order valence-corrected chi connectivity index (χ1v) is 8.71. The van der Waals surface area contributed by atoms with Gasteiger partial charge in [-0.3, -0.25) is 4.99 Å². The molecule has 134 valence electrons. The highest BCUT2D eigenvalue weighted by Gasteiger charge is 2.35. The molecule has 0 spiro atoms. The van der Waals surface area contributed by atoms with E-state index in [2.05, 4.69) is 28.7 Å². The smallest absolute Gasteiger partial charge is 0.231 e. The van der Waals surface area contributed by atoms with Crippen LogP contribution in [-0.2, 0) is 10.2 Å². The Balaban J connectivity index is 1.84. The zero-order valence-corrected chi connectivity index (χ0v) is 14.6. The molecule has 0 aromatic heterocycles. The van der Waals surface area contributed by atoms with Crippen LogP contribution in [0.4, 0.5) is 0 Å². The van der Waals surface area contributed by atoms with Gasteiger partial charge in [0, 0.05) is 25.2 Å². The summed E-state index contributed by atoms with van der Waals surface area (Å²) in [5.74, 6) is 4.94. The van der Waals surface area contributed by atoms with Crippen LogP contribution in [-0.4, -0.2) is 45.6 Å². The van der Waals surface area contributed by atoms with E-state index in [0.717, 1.165) is 50.1 Å². The molecule has 0 unspecified atom stereocenters. The third-order valence-electron chi connectivity index (χ3n) is 4.68. The lowest BCUT2D eigenvalue weighted by atomic mass is 9.74. The monoisotopic (exact) mass is 343 g/mol. The van der Waals surface area contributed by atoms with Crippen LogP contribution >= 0.6 is 0 Å². The van der Waals surface area contributed by atoms with E-state index in [1.165, 1.54) is 5.56 Å². The molecule has 25 heavy (non-hydrogen) atoms. The first-order chi connectivity index (χ1) is 12.3. The molecule has 1 saturated heterocycles. The second kappa shape index (κ2) is 8.13. The molecule has 0 radical (unpaired) electrons. The van der Waals surface area contributed by atoms with Gasteiger partial charge in [0.15, 0.2) is 17.5 Å². The van der Waals surface area contributed by atoms with Crippen molar-refractivity contribution >= 4 is 5.96 Å². The fraction of sp³-hybridized carbons (Fsp3) is 0.526. The van der Waals surface area contributed by atoms with E-state index in [1.54, 1.807) is 0 Å². The summed E-state index contributed by atoms with van der Waals surface area (Å²) in [4.78, 5) is 4.79. The molecule has 0 saturated carbocycles. The minimum absolute atomic E-state index is 0.0717. The van der Waals surface area contributed by atoms with Gasteiger partial charge < -0.3 is 24.8 Å². The Labute approximate surface area is 148 Å². The number of hydrogen-bond acceptors (Lipinski definition) is 4. The number of rotatable bonds is 5. The van der Waals surface area contributed by atoms with Crippen LogP contribution < -0.4 is 20.1 Å². The van der Waals surface area contributed by atoms with Gasteiger partial charge in [-0.05, 0) is 37.5 Å². The lowest BCUT2D eigenvalue weighted by Crippen LogP contribution is -2.41. The highest BCUT2D eigenvalue weighted by atomic mass is 16.7. The molecule has 0 aliphatic carbocycles. The number of nitrogens with one attached hydrogen (secondary N) is 2. The average Bonchev–Trinajstić information content (AvgIpc) is 3.12. The van der Waals surface area contributed by atoms with Crippen molar-refractivity contribution in [3.05, 3.63) is 23.8 Å². The Morgan fingerprint density at radius 3 is 2.80 bits per heavy atom. The maximum Gasteiger partial charge on any atom is 0.231 e. The SMILES string of the molecule is C#CCNC(=NCC1(c2ccc3c(c2)OCO3)CCOCC1)NCC. The number of aliphatic imine (C=N–C) groups is 1. The summed E-state index contributed by atoms with van der Waals surface area (Å²) < 4.78 is 16.6. The molecule has 1 fully saturated rings. The molecule has 0 atom stereocenters. The molecular formula is C19H25N3O3. The highest BCUT2D eigenvalue weighted by Crippen LogP contribution is 2.41. The first kappa shape index (κ1) is 17.4. The van der Waals surface area contributed by atoms with E-state index in [9.17, 15) is 0 Å². The summed E-state index contributed by atoms with van der Waals surface area (Å²) in [5, 5.41) is 6.38. The zero-order chi connectivity index (χ0) is 17.5. The number of benzene rings is 1. The van der Waals surface area contributed by atoms with E-state index in [1.807, 2.05) is 13.0 Å². The summed E-state index contributed by atoms with van der Waals surface area (Å²) in [6.07, 6.45) is 7.19. The number of ether oxygens (including phenoxy) is 3. The quantitative estimate of drug-likeness (QED) is 0.484. The van der Waals surface area contributed by atoms with Crippen LogP contribution in [0.1, 0.15) is 25.3 Å². The van der Waals surface area contributed by atoms with Crippen molar-refractivity contribution in [2.75, 3.05) is 39.6 Å². The van der Waals surface area contributed by atoms with Crippen LogP contribution in [0.2, 0.25) is 0 Å². The highest BCUT2D eigenvalue weighted by molar-refractivity contribution is 5.80. The van der Waals surface area contributed by atoms with E-state index in [0.29, 0.717) is 13.1 Å². The number of hydrogen-bond donors (Lipinski definition) is 2. The standard InChI is InChI=1S/C19H25N3O3/c1-3-9-21-18(20-4-2)22-13-19(7-10-23-11-8-19)15-5-6-16-17(12-15)25-14-24-16/h1,5-6,12H,4,7-11,13-14H2,2H3,(H2,20,21,22). The summed E-state index contributed by atoms with van der Waals surface area (Å²) >= 11 is 0. The van der Waals surface area contributed by atoms with Gasteiger partial charge in [0.1, 0.15) is 0 Å². The van der Waals surface area contributed by atoms with Crippen molar-refractivity contribution < 1.29 is 14.2 Å². The first-order valence-electron chi connectivity index (χ1n) is 8.71. The Morgan fingerprint density at radius 2 is 2.04 bits per heavy atom. The van der Waals surface area contributed by atoms with Crippen LogP contribution in [0.15, 0.2) is 23.2 Å². The summed E-state index contributed by atoms with van der Waals surface area (Å²) in [6, 6.07) is 6.20. The lowest BCUT2D eigenvalue weighted by molar-refractivity contribution is 0.0530. The number of guanidine groups is 1. The predicted octanol–water partition coefficient (Wildman–Crippen LogP) is 1.65. The van der Waals surface area contributed by atoms with Gasteiger partial charge in [-0.1, -0.05) is 12.0 Å². The predicted molar refractivity (Wildman–Crippen MR) is 97.1 cm³/mol. The van der Waals surface area contributed by atoms with Gasteiger partial charge in [-0.2, -0.15) is 0 Å². The van der Waals surface area contributed by atoms with Gasteiger partial charge in [-0.15, -0.1) is 6.42 Å². The van der Waals surface area contributed by atoms with Gasteiger partial charge in [-0.25, -0.2) is 0 Å². The fourth-order valence-electron chi connectivity index (χ4n) is 3.23. The Hall–Kier alpha value is -2.39. The molecule has 2 heterocycles. The summed E-state index contributed by atoms with van der Waals surface area (Å²) in [7, 11) is 0. The molecule has 0 amide bonds. The lowest BCUT2D eigenvalue weighted by Gasteiger charge is -2.36. The third kappa shape index (κ3) is 3.99. The summed E-state index contributed by atoms with van der Waals surface area (Å²) in [6.45, 7) is 5.69. The minimum atomic E-state index is -0.0717. The molecule has 6 heteroatoms. The number of fused-ring (bicyclic) bond motifs is 1. The Bertz CT molecular complexity index is 660. The average molecular weight is 343 g/mol. The van der Waals surface area contributed by atoms with E-state index < -0.39 is 0 Å². The molecule has 2 aliphatic heterocycles. The zero-order valence-electron chi connectivity index (χ0n) is 14.6. The molecule has 1 aromatic carbocycles. The molecule has 2 aliphatic rings. The van der Waals surface area contributed by atoms with E-state index >= 15 is 0 Å². The molecule has 0 bridgehead atoms. The van der Waals surface area contributed by atoms with Crippen molar-refractivity contribution in [3.63, 3.8) is 0 Å². The molecule has 6 nitrogen and oxygen atoms in total. The van der Waals surface area contributed by atoms with Crippen LogP contribution in [0.25, 0.3) is 0 Å². The van der Waals surface area contributed by atoms with Crippen LogP contribution in [0.3, 0.4) is 0 Å². The van der Waals surface area contributed by atoms with E-state index in [4.69, 9.17) is 25.6 Å². The van der Waals surface area contributed by atoms with Crippen LogP contribution in [0.5, 0.6) is 11.5 Å². The normalized spacial score (nSPS) is 18.5. The molecule has 2 N–H and O–H groups in total. The molecule has 1 aromatic rings. The topological polar surface area (TPSA) is 64.1 Å². The number of terminal acetylenes is 1. The minimum Gasteiger partial charge on any atom is -0.454 e. The van der Waals surface area contributed by atoms with Crippen molar-refractivity contribution in [2.45, 2.75) is 25.2 Å². The second-order valence-corrected chi connectivity index (χ2v) is 6.21. The van der Waals surface area contributed by atoms with Crippen molar-refractivity contribution in [2.24, 2.45) is 4.99 Å². The third-order valence-corrected chi connectivity index (χ3v) is 4.68. The largest absolute Gasteiger partial charge is 0.454 e. The maximum absolute atomic E-state index is 5.60. The van der Waals surface area contributed by atoms with Gasteiger partial charge in [0.25, 0.3) is 0 Å². The van der Waals surface area contributed by atoms with Gasteiger partial charge in [0.2, 0.25) is 6.79 Å². The van der Waals surface area contributed by atoms with Crippen molar-refractivity contribution in [1.29, 1.82) is 0 Å². The fourth-order valence-corrected chi connectivity index (χ4v) is 3.23. The summed E-state index contributed by atoms with van der Waals surface area (Å²) in [5.41, 5.74) is 1.15. The second-order valence-electron chi connectivity index (χ2n) is 6.21. The Kier molecular flexibility index (Phi) is 5.67. The van der Waals surface area contributed by atoms with Crippen molar-refractivity contribution in [3.8, 4) is 23.8 Å². The van der Waals surface area contributed by atoms with Gasteiger partial charge in [0.05, 0.1) is 13.1 Å². The van der Waals surface area contributed by atoms with Crippen LogP contribution in [0, 0.1) is 12.3 Å². The number of nitrogens with zero attached hydrogens (tertiary/aromatic N) is 1. The van der Waals surface area contributed by atoms with E-state index in [-0.39, 0.29) is 12.2 Å². The molecular weight excluding hydrogens is 318 g/mol. The molecule has 3 rings (SSSR count). The maximum atomic E-state index is 5.60. The van der Waals surface area contributed by atoms with Crippen molar-refractivity contribution in [1.82, 2.24) is 10.6 Å².